The minimum absolute atomic E-state index is 0.142. The first-order chi connectivity index (χ1) is 12.1. The number of H-pyrrole nitrogens is 1. The van der Waals surface area contributed by atoms with Gasteiger partial charge in [-0.15, -0.1) is 0 Å². The first-order valence-corrected chi connectivity index (χ1v) is 9.60. The Labute approximate surface area is 152 Å². The number of fused-ring (bicyclic) bond motifs is 1. The van der Waals surface area contributed by atoms with Crippen LogP contribution in [0.5, 0.6) is 5.75 Å². The van der Waals surface area contributed by atoms with Gasteiger partial charge in [0.25, 0.3) is 0 Å². The van der Waals surface area contributed by atoms with Gasteiger partial charge >= 0.3 is 152 Å². The second-order valence-electron chi connectivity index (χ2n) is 5.99. The zero-order valence-electron chi connectivity index (χ0n) is 13.4. The van der Waals surface area contributed by atoms with Gasteiger partial charge in [0, 0.05) is 0 Å². The number of hydrogen-bond acceptors (Lipinski definition) is 5. The van der Waals surface area contributed by atoms with Crippen molar-refractivity contribution in [2.24, 2.45) is 5.73 Å². The number of aromatic nitrogens is 2. The topological polar surface area (TPSA) is 110 Å². The molecule has 1 aliphatic carbocycles. The number of nitrogens with two attached hydrogens (primary N) is 1. The van der Waals surface area contributed by atoms with Gasteiger partial charge in [-0.1, -0.05) is 0 Å². The predicted octanol–water partition coefficient (Wildman–Crippen LogP) is 0.315. The molecule has 1 saturated carbocycles. The molecule has 0 spiro atoms. The molecule has 2 aromatic rings. The molecule has 11 heteroatoms. The van der Waals surface area contributed by atoms with Crippen molar-refractivity contribution < 1.29 is 27.5 Å². The maximum absolute atomic E-state index is 12.3. The monoisotopic (exact) mass is 431 g/mol. The molecule has 0 atom stereocenters. The zero-order valence-corrected chi connectivity index (χ0v) is 15.3. The van der Waals surface area contributed by atoms with Gasteiger partial charge < -0.3 is 0 Å². The molecule has 1 aromatic heterocycles. The summed E-state index contributed by atoms with van der Waals surface area (Å²) in [6, 6.07) is 3.69. The van der Waals surface area contributed by atoms with Crippen LogP contribution in [0.4, 0.5) is 13.2 Å². The number of nitrogens with one attached hydrogen (secondary N) is 2. The fraction of sp³-hybridized carbons (Fsp3) is 0.400. The Morgan fingerprint density at radius 3 is 2.73 bits per heavy atom. The fourth-order valence-electron chi connectivity index (χ4n) is 2.50. The summed E-state index contributed by atoms with van der Waals surface area (Å²) in [6.07, 6.45) is -2.68. The third-order valence-corrected chi connectivity index (χ3v) is 5.75. The van der Waals surface area contributed by atoms with E-state index in [1.54, 1.807) is 0 Å². The normalized spacial score (nSPS) is 16.6. The molecule has 139 valence electrons. The van der Waals surface area contributed by atoms with E-state index in [-0.39, 0.29) is 22.8 Å². The SMILES string of the molecule is NC1(C(=O)NCC(=O)[As]c2nc3ccc(OC(F)(F)F)cc3[nH]2)CCC1. The van der Waals surface area contributed by atoms with Crippen molar-refractivity contribution >= 4 is 41.9 Å². The number of imidazole rings is 1. The van der Waals surface area contributed by atoms with Crippen LogP contribution in [0.25, 0.3) is 11.0 Å². The van der Waals surface area contributed by atoms with Crippen LogP contribution in [-0.4, -0.2) is 54.6 Å². The van der Waals surface area contributed by atoms with E-state index < -0.39 is 27.7 Å². The number of carbonyl (C=O) groups is 2. The van der Waals surface area contributed by atoms with Crippen molar-refractivity contribution in [3.05, 3.63) is 18.2 Å². The average Bonchev–Trinajstić information content (AvgIpc) is 2.90. The van der Waals surface area contributed by atoms with Crippen molar-refractivity contribution in [1.82, 2.24) is 15.3 Å². The molecule has 1 radical (unpaired) electrons. The van der Waals surface area contributed by atoms with Crippen LogP contribution in [0.3, 0.4) is 0 Å². The number of carbonyl (C=O) groups excluding carboxylic acids is 2. The quantitative estimate of drug-likeness (QED) is 0.571. The van der Waals surface area contributed by atoms with Gasteiger partial charge in [-0.05, 0) is 0 Å². The molecule has 7 nitrogen and oxygen atoms in total. The molecule has 26 heavy (non-hydrogen) atoms. The molecule has 1 aliphatic rings. The Hall–Kier alpha value is -2.06. The van der Waals surface area contributed by atoms with Gasteiger partial charge in [-0.3, -0.25) is 0 Å². The number of nitrogens with zero attached hydrogens (tertiary/aromatic N) is 1. The van der Waals surface area contributed by atoms with Crippen molar-refractivity contribution in [3.63, 3.8) is 0 Å². The minimum atomic E-state index is -4.78. The Morgan fingerprint density at radius 2 is 2.12 bits per heavy atom. The first-order valence-electron chi connectivity index (χ1n) is 7.72. The van der Waals surface area contributed by atoms with Crippen molar-refractivity contribution in [3.8, 4) is 5.75 Å². The number of alkyl halides is 3. The summed E-state index contributed by atoms with van der Waals surface area (Å²) in [4.78, 5) is 30.9. The molecule has 0 saturated heterocycles. The average molecular weight is 431 g/mol. The van der Waals surface area contributed by atoms with Crippen molar-refractivity contribution in [2.45, 2.75) is 31.2 Å². The van der Waals surface area contributed by atoms with Crippen LogP contribution in [0.15, 0.2) is 18.2 Å². The molecule has 1 amide bonds. The Balaban J connectivity index is 1.59. The summed E-state index contributed by atoms with van der Waals surface area (Å²) < 4.78 is 40.8. The number of hydrogen-bond donors (Lipinski definition) is 3. The van der Waals surface area contributed by atoms with Gasteiger partial charge in [0.05, 0.1) is 0 Å². The van der Waals surface area contributed by atoms with Crippen LogP contribution in [0.1, 0.15) is 19.3 Å². The van der Waals surface area contributed by atoms with Gasteiger partial charge in [0.15, 0.2) is 0 Å². The summed E-state index contributed by atoms with van der Waals surface area (Å²) in [5.41, 5.74) is 5.76. The summed E-state index contributed by atoms with van der Waals surface area (Å²) in [7, 11) is 0. The van der Waals surface area contributed by atoms with Crippen molar-refractivity contribution in [2.75, 3.05) is 6.54 Å². The Morgan fingerprint density at radius 1 is 1.38 bits per heavy atom. The Kier molecular flexibility index (Phi) is 4.98. The molecular formula is C15H15AsF3N4O3. The van der Waals surface area contributed by atoms with E-state index in [1.807, 2.05) is 0 Å². The van der Waals surface area contributed by atoms with E-state index in [9.17, 15) is 22.8 Å². The molecular weight excluding hydrogens is 416 g/mol. The summed E-state index contributed by atoms with van der Waals surface area (Å²) in [5, 5.41) is 2.54. The molecule has 4 N–H and O–H groups in total. The maximum atomic E-state index is 12.3. The standard InChI is InChI=1S/C15H15AsF3N4O3/c17-15(18,19)26-8-2-3-9-10(6-8)23-13(22-9)16-11(24)7-21-12(25)14(20)4-1-5-14/h2-3,6H,1,4-5,7,20H2,(H,21,25)(H,22,23). The van der Waals surface area contributed by atoms with Gasteiger partial charge in [0.1, 0.15) is 0 Å². The van der Waals surface area contributed by atoms with Crippen LogP contribution >= 0.6 is 0 Å². The number of benzene rings is 1. The van der Waals surface area contributed by atoms with Gasteiger partial charge in [0.2, 0.25) is 0 Å². The molecule has 0 unspecified atom stereocenters. The number of halogens is 3. The van der Waals surface area contributed by atoms with E-state index in [2.05, 4.69) is 20.0 Å². The number of aromatic amines is 1. The zero-order chi connectivity index (χ0) is 18.9. The molecule has 0 bridgehead atoms. The third kappa shape index (κ3) is 4.37. The van der Waals surface area contributed by atoms with E-state index in [0.717, 1.165) is 12.5 Å². The first kappa shape index (κ1) is 18.7. The van der Waals surface area contributed by atoms with Gasteiger partial charge in [-0.25, -0.2) is 0 Å². The van der Waals surface area contributed by atoms with E-state index in [0.29, 0.717) is 28.5 Å². The number of amides is 1. The summed E-state index contributed by atoms with van der Waals surface area (Å²) in [5.74, 6) is -0.708. The van der Waals surface area contributed by atoms with Crippen LogP contribution in [0.2, 0.25) is 0 Å². The van der Waals surface area contributed by atoms with E-state index in [4.69, 9.17) is 5.73 Å². The molecule has 0 aliphatic heterocycles. The molecule has 1 heterocycles. The van der Waals surface area contributed by atoms with Gasteiger partial charge in [-0.2, -0.15) is 0 Å². The van der Waals surface area contributed by atoms with Crippen LogP contribution in [-0.2, 0) is 9.59 Å². The van der Waals surface area contributed by atoms with E-state index >= 15 is 0 Å². The molecule has 3 rings (SSSR count). The molecule has 1 aromatic carbocycles. The number of ether oxygens (including phenoxy) is 1. The summed E-state index contributed by atoms with van der Waals surface area (Å²) in [6.45, 7) is -0.142. The Bertz CT molecular complexity index is 848. The second kappa shape index (κ2) is 6.92. The predicted molar refractivity (Wildman–Crippen MR) is 87.0 cm³/mol. The second-order valence-corrected chi connectivity index (χ2v) is 8.39. The van der Waals surface area contributed by atoms with Crippen molar-refractivity contribution in [1.29, 1.82) is 0 Å². The van der Waals surface area contributed by atoms with E-state index in [1.165, 1.54) is 12.1 Å². The van der Waals surface area contributed by atoms with Crippen LogP contribution < -0.4 is 20.4 Å². The third-order valence-electron chi connectivity index (χ3n) is 4.00. The molecule has 1 fully saturated rings. The number of rotatable bonds is 6. The van der Waals surface area contributed by atoms with Crippen LogP contribution in [0, 0.1) is 0 Å². The fourth-order valence-corrected chi connectivity index (χ4v) is 4.03. The summed E-state index contributed by atoms with van der Waals surface area (Å²) >= 11 is -1.04.